The summed E-state index contributed by atoms with van der Waals surface area (Å²) in [6.45, 7) is 2.30. The van der Waals surface area contributed by atoms with Crippen molar-refractivity contribution >= 4 is 11.5 Å². The molecule has 0 aliphatic heterocycles. The van der Waals surface area contributed by atoms with Gasteiger partial charge in [0.25, 0.3) is 0 Å². The Morgan fingerprint density at radius 2 is 2.00 bits per heavy atom. The maximum absolute atomic E-state index is 10.8. The number of hydrogen-bond donors (Lipinski definition) is 0. The van der Waals surface area contributed by atoms with E-state index in [9.17, 15) is 4.79 Å². The van der Waals surface area contributed by atoms with Crippen LogP contribution in [0, 0.1) is 11.3 Å². The number of nitriles is 1. The zero-order valence-electron chi connectivity index (χ0n) is 9.03. The summed E-state index contributed by atoms with van der Waals surface area (Å²) >= 11 is 0. The molecule has 0 saturated heterocycles. The van der Waals surface area contributed by atoms with Gasteiger partial charge in [-0.1, -0.05) is 0 Å². The van der Waals surface area contributed by atoms with Crippen LogP contribution in [-0.2, 0) is 4.79 Å². The van der Waals surface area contributed by atoms with Crippen molar-refractivity contribution in [2.75, 3.05) is 18.5 Å². The minimum absolute atomic E-state index is 0.190. The average Bonchev–Trinajstić information content (AvgIpc) is 2.26. The van der Waals surface area contributed by atoms with Gasteiger partial charge in [0.15, 0.2) is 0 Å². The first kappa shape index (κ1) is 11.3. The highest BCUT2D eigenvalue weighted by Crippen LogP contribution is 2.13. The van der Waals surface area contributed by atoms with E-state index >= 15 is 0 Å². The summed E-state index contributed by atoms with van der Waals surface area (Å²) in [6.07, 6.45) is 0.552. The van der Waals surface area contributed by atoms with Crippen molar-refractivity contribution in [3.8, 4) is 6.07 Å². The van der Waals surface area contributed by atoms with Crippen LogP contribution in [0.2, 0.25) is 0 Å². The molecule has 1 aromatic carbocycles. The molecule has 0 unspecified atom stereocenters. The van der Waals surface area contributed by atoms with Crippen molar-refractivity contribution in [2.45, 2.75) is 13.3 Å². The van der Waals surface area contributed by atoms with Gasteiger partial charge in [0.2, 0.25) is 0 Å². The van der Waals surface area contributed by atoms with Gasteiger partial charge in [-0.3, -0.25) is 4.79 Å². The minimum atomic E-state index is 0.190. The van der Waals surface area contributed by atoms with Crippen molar-refractivity contribution in [1.29, 1.82) is 5.26 Å². The normalized spacial score (nSPS) is 9.40. The standard InChI is InChI=1S/C12H14N2O/c1-10(15)7-8-14(2)12-5-3-11(9-13)4-6-12/h3-6H,7-8H2,1-2H3. The number of rotatable bonds is 4. The smallest absolute Gasteiger partial charge is 0.131 e. The molecule has 3 heteroatoms. The van der Waals surface area contributed by atoms with Gasteiger partial charge in [-0.25, -0.2) is 0 Å². The lowest BCUT2D eigenvalue weighted by Gasteiger charge is -2.18. The molecule has 3 nitrogen and oxygen atoms in total. The second kappa shape index (κ2) is 5.16. The van der Waals surface area contributed by atoms with Crippen molar-refractivity contribution in [1.82, 2.24) is 0 Å². The molecule has 1 rings (SSSR count). The summed E-state index contributed by atoms with van der Waals surface area (Å²) in [6, 6.07) is 9.40. The molecule has 0 saturated carbocycles. The number of hydrogen-bond acceptors (Lipinski definition) is 3. The average molecular weight is 202 g/mol. The number of carbonyl (C=O) groups is 1. The Labute approximate surface area is 89.9 Å². The number of ketones is 1. The largest absolute Gasteiger partial charge is 0.374 e. The van der Waals surface area contributed by atoms with Gasteiger partial charge in [-0.2, -0.15) is 5.26 Å². The molecule has 0 aliphatic carbocycles. The lowest BCUT2D eigenvalue weighted by molar-refractivity contribution is -0.116. The highest BCUT2D eigenvalue weighted by molar-refractivity contribution is 5.76. The fourth-order valence-electron chi connectivity index (χ4n) is 1.24. The maximum Gasteiger partial charge on any atom is 0.131 e. The molecule has 0 N–H and O–H groups in total. The van der Waals surface area contributed by atoms with E-state index in [1.54, 1.807) is 19.1 Å². The molecule has 0 spiro atoms. The molecule has 0 atom stereocenters. The van der Waals surface area contributed by atoms with E-state index in [0.29, 0.717) is 18.5 Å². The fraction of sp³-hybridized carbons (Fsp3) is 0.333. The lowest BCUT2D eigenvalue weighted by atomic mass is 10.2. The summed E-state index contributed by atoms with van der Waals surface area (Å²) < 4.78 is 0. The number of nitrogens with zero attached hydrogens (tertiary/aromatic N) is 2. The second-order valence-electron chi connectivity index (χ2n) is 3.53. The Kier molecular flexibility index (Phi) is 3.87. The third kappa shape index (κ3) is 3.43. The summed E-state index contributed by atoms with van der Waals surface area (Å²) in [5.41, 5.74) is 1.67. The van der Waals surface area contributed by atoms with E-state index in [1.807, 2.05) is 24.1 Å². The zero-order chi connectivity index (χ0) is 11.3. The van der Waals surface area contributed by atoms with Crippen LogP contribution in [0.1, 0.15) is 18.9 Å². The van der Waals surface area contributed by atoms with Gasteiger partial charge in [-0.15, -0.1) is 0 Å². The van der Waals surface area contributed by atoms with Gasteiger partial charge in [0.1, 0.15) is 5.78 Å². The van der Waals surface area contributed by atoms with Crippen LogP contribution in [0.15, 0.2) is 24.3 Å². The van der Waals surface area contributed by atoms with Crippen molar-refractivity contribution < 1.29 is 4.79 Å². The van der Waals surface area contributed by atoms with Gasteiger partial charge < -0.3 is 4.90 Å². The number of Topliss-reactive ketones (excluding diaryl/α,β-unsaturated/α-hetero) is 1. The molecule has 1 aromatic rings. The third-order valence-electron chi connectivity index (χ3n) is 2.24. The monoisotopic (exact) mass is 202 g/mol. The molecule has 0 radical (unpaired) electrons. The van der Waals surface area contributed by atoms with E-state index in [0.717, 1.165) is 5.69 Å². The van der Waals surface area contributed by atoms with E-state index in [-0.39, 0.29) is 5.78 Å². The number of anilines is 1. The van der Waals surface area contributed by atoms with Crippen LogP contribution in [0.4, 0.5) is 5.69 Å². The molecule has 0 aliphatic rings. The highest BCUT2D eigenvalue weighted by Gasteiger charge is 2.02. The molecule has 0 amide bonds. The minimum Gasteiger partial charge on any atom is -0.374 e. The Balaban J connectivity index is 2.62. The lowest BCUT2D eigenvalue weighted by Crippen LogP contribution is -2.20. The van der Waals surface area contributed by atoms with Crippen LogP contribution < -0.4 is 4.90 Å². The van der Waals surface area contributed by atoms with E-state index in [4.69, 9.17) is 5.26 Å². The van der Waals surface area contributed by atoms with Crippen molar-refractivity contribution in [3.63, 3.8) is 0 Å². The maximum atomic E-state index is 10.8. The van der Waals surface area contributed by atoms with Crippen LogP contribution in [-0.4, -0.2) is 19.4 Å². The molecule has 0 fully saturated rings. The SMILES string of the molecule is CC(=O)CCN(C)c1ccc(C#N)cc1. The van der Waals surface area contributed by atoms with Crippen molar-refractivity contribution in [2.24, 2.45) is 0 Å². The predicted octanol–water partition coefficient (Wildman–Crippen LogP) is 1.97. The summed E-state index contributed by atoms with van der Waals surface area (Å²) in [4.78, 5) is 12.8. The highest BCUT2D eigenvalue weighted by atomic mass is 16.1. The molecule has 0 heterocycles. The summed E-state index contributed by atoms with van der Waals surface area (Å²) in [5.74, 6) is 0.190. The first-order valence-electron chi connectivity index (χ1n) is 4.84. The number of carbonyl (C=O) groups excluding carboxylic acids is 1. The first-order valence-corrected chi connectivity index (χ1v) is 4.84. The molecule has 15 heavy (non-hydrogen) atoms. The Hall–Kier alpha value is -1.82. The van der Waals surface area contributed by atoms with Crippen LogP contribution in [0.25, 0.3) is 0 Å². The van der Waals surface area contributed by atoms with Gasteiger partial charge in [0, 0.05) is 25.7 Å². The fourth-order valence-corrected chi connectivity index (χ4v) is 1.24. The van der Waals surface area contributed by atoms with Gasteiger partial charge in [-0.05, 0) is 31.2 Å². The van der Waals surface area contributed by atoms with Crippen LogP contribution >= 0.6 is 0 Å². The van der Waals surface area contributed by atoms with E-state index in [1.165, 1.54) is 0 Å². The van der Waals surface area contributed by atoms with Gasteiger partial charge in [0.05, 0.1) is 11.6 Å². The van der Waals surface area contributed by atoms with Crippen molar-refractivity contribution in [3.05, 3.63) is 29.8 Å². The van der Waals surface area contributed by atoms with Crippen LogP contribution in [0.5, 0.6) is 0 Å². The third-order valence-corrected chi connectivity index (χ3v) is 2.24. The zero-order valence-corrected chi connectivity index (χ0v) is 9.03. The molecule has 0 aromatic heterocycles. The first-order chi connectivity index (χ1) is 7.13. The number of benzene rings is 1. The summed E-state index contributed by atoms with van der Waals surface area (Å²) in [5, 5.41) is 8.63. The van der Waals surface area contributed by atoms with E-state index < -0.39 is 0 Å². The molecular formula is C12H14N2O. The molecule has 78 valence electrons. The second-order valence-corrected chi connectivity index (χ2v) is 3.53. The topological polar surface area (TPSA) is 44.1 Å². The summed E-state index contributed by atoms with van der Waals surface area (Å²) in [7, 11) is 1.93. The Bertz CT molecular complexity index is 376. The molecule has 0 bridgehead atoms. The van der Waals surface area contributed by atoms with E-state index in [2.05, 4.69) is 6.07 Å². The predicted molar refractivity (Wildman–Crippen MR) is 59.7 cm³/mol. The quantitative estimate of drug-likeness (QED) is 0.749. The Morgan fingerprint density at radius 1 is 1.40 bits per heavy atom. The Morgan fingerprint density at radius 3 is 2.47 bits per heavy atom. The van der Waals surface area contributed by atoms with Crippen LogP contribution in [0.3, 0.4) is 0 Å². The molecular weight excluding hydrogens is 188 g/mol. The van der Waals surface area contributed by atoms with Gasteiger partial charge >= 0.3 is 0 Å².